The van der Waals surface area contributed by atoms with Crippen LogP contribution >= 0.6 is 15.9 Å². The van der Waals surface area contributed by atoms with E-state index < -0.39 is 0 Å². The van der Waals surface area contributed by atoms with Crippen molar-refractivity contribution in [3.05, 3.63) is 21.0 Å². The first-order valence-corrected chi connectivity index (χ1v) is 8.45. The van der Waals surface area contributed by atoms with Crippen molar-refractivity contribution in [2.45, 2.75) is 46.2 Å². The molecule has 21 heavy (non-hydrogen) atoms. The third-order valence-corrected chi connectivity index (χ3v) is 4.87. The maximum Gasteiger partial charge on any atom is 0.283 e. The topological polar surface area (TPSA) is 64.2 Å². The maximum atomic E-state index is 12.4. The van der Waals surface area contributed by atoms with Crippen molar-refractivity contribution < 1.29 is 0 Å². The SMILES string of the molecule is CC(C)Cn1ncc(N2CC(CN)CCC2C)c(Br)c1=O. The molecule has 0 bridgehead atoms. The Bertz CT molecular complexity index is 543. The standard InChI is InChI=1S/C15H25BrN4O/c1-10(2)8-20-15(21)14(16)13(7-18-20)19-9-12(6-17)5-4-11(19)3/h7,10-12H,4-6,8-9,17H2,1-3H3. The Hall–Kier alpha value is -0.880. The van der Waals surface area contributed by atoms with Gasteiger partial charge in [0.1, 0.15) is 4.47 Å². The second-order valence-electron chi connectivity index (χ2n) is 6.41. The minimum absolute atomic E-state index is 0.0525. The molecule has 2 rings (SSSR count). The first-order chi connectivity index (χ1) is 9.93. The molecule has 5 nitrogen and oxygen atoms in total. The minimum atomic E-state index is -0.0525. The van der Waals surface area contributed by atoms with Gasteiger partial charge >= 0.3 is 0 Å². The third kappa shape index (κ3) is 3.66. The molecule has 1 fully saturated rings. The number of nitrogens with two attached hydrogens (primary N) is 1. The van der Waals surface area contributed by atoms with Crippen LogP contribution in [-0.2, 0) is 6.54 Å². The fraction of sp³-hybridized carbons (Fsp3) is 0.733. The summed E-state index contributed by atoms with van der Waals surface area (Å²) in [6, 6.07) is 0.409. The lowest BCUT2D eigenvalue weighted by Gasteiger charge is -2.39. The van der Waals surface area contributed by atoms with Crippen LogP contribution in [0.3, 0.4) is 0 Å². The molecular weight excluding hydrogens is 332 g/mol. The molecular formula is C15H25BrN4O. The highest BCUT2D eigenvalue weighted by Crippen LogP contribution is 2.30. The first-order valence-electron chi connectivity index (χ1n) is 7.66. The van der Waals surface area contributed by atoms with E-state index in [4.69, 9.17) is 5.73 Å². The fourth-order valence-corrected chi connectivity index (χ4v) is 3.38. The molecule has 0 amide bonds. The normalized spacial score (nSPS) is 22.9. The molecule has 2 heterocycles. The van der Waals surface area contributed by atoms with Gasteiger partial charge in [-0.1, -0.05) is 13.8 Å². The Morgan fingerprint density at radius 3 is 2.81 bits per heavy atom. The quantitative estimate of drug-likeness (QED) is 0.898. The number of rotatable bonds is 4. The van der Waals surface area contributed by atoms with Gasteiger partial charge in [-0.2, -0.15) is 5.10 Å². The molecule has 1 aliphatic rings. The van der Waals surface area contributed by atoms with Crippen molar-refractivity contribution >= 4 is 21.6 Å². The first kappa shape index (κ1) is 16.5. The third-order valence-electron chi connectivity index (χ3n) is 4.13. The van der Waals surface area contributed by atoms with Crippen molar-refractivity contribution in [3.63, 3.8) is 0 Å². The van der Waals surface area contributed by atoms with Crippen molar-refractivity contribution in [1.29, 1.82) is 0 Å². The summed E-state index contributed by atoms with van der Waals surface area (Å²) in [5.74, 6) is 0.884. The van der Waals surface area contributed by atoms with Gasteiger partial charge in [0.2, 0.25) is 0 Å². The summed E-state index contributed by atoms with van der Waals surface area (Å²) >= 11 is 3.48. The van der Waals surface area contributed by atoms with Gasteiger partial charge in [0, 0.05) is 19.1 Å². The van der Waals surface area contributed by atoms with Crippen LogP contribution in [0.4, 0.5) is 5.69 Å². The Labute approximate surface area is 134 Å². The molecule has 1 aromatic rings. The Morgan fingerprint density at radius 1 is 1.48 bits per heavy atom. The van der Waals surface area contributed by atoms with E-state index in [9.17, 15) is 4.79 Å². The molecule has 0 radical (unpaired) electrons. The van der Waals surface area contributed by atoms with Crippen LogP contribution in [0.25, 0.3) is 0 Å². The molecule has 118 valence electrons. The molecule has 1 saturated heterocycles. The molecule has 2 atom stereocenters. The number of piperidine rings is 1. The summed E-state index contributed by atoms with van der Waals surface area (Å²) in [6.45, 7) is 8.57. The molecule has 1 aliphatic heterocycles. The van der Waals surface area contributed by atoms with Gasteiger partial charge in [0.15, 0.2) is 0 Å². The van der Waals surface area contributed by atoms with Crippen LogP contribution in [-0.4, -0.2) is 28.9 Å². The van der Waals surface area contributed by atoms with E-state index in [1.807, 2.05) is 6.20 Å². The number of aromatic nitrogens is 2. The molecule has 0 spiro atoms. The van der Waals surface area contributed by atoms with E-state index in [-0.39, 0.29) is 5.56 Å². The van der Waals surface area contributed by atoms with E-state index in [0.29, 0.717) is 35.4 Å². The average molecular weight is 357 g/mol. The zero-order chi connectivity index (χ0) is 15.6. The zero-order valence-corrected chi connectivity index (χ0v) is 14.6. The predicted molar refractivity (Wildman–Crippen MR) is 89.6 cm³/mol. The lowest BCUT2D eigenvalue weighted by atomic mass is 9.93. The van der Waals surface area contributed by atoms with Gasteiger partial charge < -0.3 is 10.6 Å². The number of anilines is 1. The highest BCUT2D eigenvalue weighted by atomic mass is 79.9. The van der Waals surface area contributed by atoms with Crippen molar-refractivity contribution in [2.24, 2.45) is 17.6 Å². The van der Waals surface area contributed by atoms with Gasteiger partial charge in [-0.05, 0) is 54.1 Å². The Balaban J connectivity index is 2.31. The van der Waals surface area contributed by atoms with E-state index >= 15 is 0 Å². The fourth-order valence-electron chi connectivity index (χ4n) is 2.84. The molecule has 1 aromatic heterocycles. The van der Waals surface area contributed by atoms with E-state index in [1.165, 1.54) is 4.68 Å². The smallest absolute Gasteiger partial charge is 0.283 e. The summed E-state index contributed by atoms with van der Waals surface area (Å²) < 4.78 is 2.15. The molecule has 6 heteroatoms. The summed E-state index contributed by atoms with van der Waals surface area (Å²) in [7, 11) is 0. The zero-order valence-electron chi connectivity index (χ0n) is 13.1. The van der Waals surface area contributed by atoms with Gasteiger partial charge in [-0.25, -0.2) is 4.68 Å². The second-order valence-corrected chi connectivity index (χ2v) is 7.20. The molecule has 0 aromatic carbocycles. The van der Waals surface area contributed by atoms with Crippen LogP contribution in [0.5, 0.6) is 0 Å². The lowest BCUT2D eigenvalue weighted by Crippen LogP contribution is -2.45. The van der Waals surface area contributed by atoms with Crippen molar-refractivity contribution in [1.82, 2.24) is 9.78 Å². The molecule has 0 saturated carbocycles. The van der Waals surface area contributed by atoms with Gasteiger partial charge in [-0.3, -0.25) is 4.79 Å². The van der Waals surface area contributed by atoms with Gasteiger partial charge in [0.05, 0.1) is 11.9 Å². The second kappa shape index (κ2) is 6.92. The summed E-state index contributed by atoms with van der Waals surface area (Å²) in [4.78, 5) is 14.7. The number of nitrogens with zero attached hydrogens (tertiary/aromatic N) is 3. The highest BCUT2D eigenvalue weighted by molar-refractivity contribution is 9.10. The average Bonchev–Trinajstić information content (AvgIpc) is 2.45. The summed E-state index contributed by atoms with van der Waals surface area (Å²) in [6.07, 6.45) is 4.07. The number of halogens is 1. The van der Waals surface area contributed by atoms with E-state index in [2.05, 4.69) is 46.7 Å². The van der Waals surface area contributed by atoms with Crippen molar-refractivity contribution in [3.8, 4) is 0 Å². The largest absolute Gasteiger partial charge is 0.366 e. The predicted octanol–water partition coefficient (Wildman–Crippen LogP) is 2.23. The van der Waals surface area contributed by atoms with E-state index in [1.54, 1.807) is 0 Å². The van der Waals surface area contributed by atoms with Gasteiger partial charge in [0.25, 0.3) is 5.56 Å². The molecule has 2 unspecified atom stereocenters. The summed E-state index contributed by atoms with van der Waals surface area (Å²) in [5, 5.41) is 4.34. The van der Waals surface area contributed by atoms with Crippen LogP contribution in [0, 0.1) is 11.8 Å². The van der Waals surface area contributed by atoms with E-state index in [0.717, 1.165) is 25.1 Å². The van der Waals surface area contributed by atoms with Crippen molar-refractivity contribution in [2.75, 3.05) is 18.0 Å². The van der Waals surface area contributed by atoms with Gasteiger partial charge in [-0.15, -0.1) is 0 Å². The minimum Gasteiger partial charge on any atom is -0.366 e. The molecule has 2 N–H and O–H groups in total. The monoisotopic (exact) mass is 356 g/mol. The number of hydrogen-bond donors (Lipinski definition) is 1. The number of hydrogen-bond acceptors (Lipinski definition) is 4. The molecule has 0 aliphatic carbocycles. The Morgan fingerprint density at radius 2 is 2.19 bits per heavy atom. The van der Waals surface area contributed by atoms with Crippen LogP contribution in [0.1, 0.15) is 33.6 Å². The van der Waals surface area contributed by atoms with Crippen LogP contribution in [0.2, 0.25) is 0 Å². The summed E-state index contributed by atoms with van der Waals surface area (Å²) in [5.41, 5.74) is 6.66. The Kier molecular flexibility index (Phi) is 5.43. The lowest BCUT2D eigenvalue weighted by molar-refractivity contribution is 0.372. The van der Waals surface area contributed by atoms with Crippen LogP contribution < -0.4 is 16.2 Å². The highest BCUT2D eigenvalue weighted by Gasteiger charge is 2.27. The van der Waals surface area contributed by atoms with Crippen LogP contribution in [0.15, 0.2) is 15.5 Å². The maximum absolute atomic E-state index is 12.4.